The standard InChI is InChI=1S/C11H15ClN2O/c1-3-7(2)14-11(12)9(6-15)10(13-14)8-4-5-8/h6-8H,3-5H2,1-2H3. The normalized spacial score (nSPS) is 17.8. The van der Waals surface area contributed by atoms with Gasteiger partial charge in [-0.2, -0.15) is 5.10 Å². The number of carbonyl (C=O) groups excluding carboxylic acids is 1. The van der Waals surface area contributed by atoms with Crippen LogP contribution in [-0.4, -0.2) is 16.1 Å². The lowest BCUT2D eigenvalue weighted by molar-refractivity contribution is 0.112. The van der Waals surface area contributed by atoms with Crippen LogP contribution in [-0.2, 0) is 0 Å². The van der Waals surface area contributed by atoms with Crippen molar-refractivity contribution in [3.05, 3.63) is 16.4 Å². The lowest BCUT2D eigenvalue weighted by atomic mass is 10.2. The zero-order chi connectivity index (χ0) is 11.0. The molecule has 1 aliphatic rings. The number of nitrogens with zero attached hydrogens (tertiary/aromatic N) is 2. The maximum atomic E-state index is 11.0. The highest BCUT2D eigenvalue weighted by Gasteiger charge is 2.31. The molecule has 1 heterocycles. The molecule has 1 unspecified atom stereocenters. The summed E-state index contributed by atoms with van der Waals surface area (Å²) in [5.74, 6) is 0.466. The number of hydrogen-bond donors (Lipinski definition) is 0. The van der Waals surface area contributed by atoms with Crippen LogP contribution < -0.4 is 0 Å². The molecule has 0 aromatic carbocycles. The van der Waals surface area contributed by atoms with Crippen molar-refractivity contribution >= 4 is 17.9 Å². The first kappa shape index (κ1) is 10.7. The van der Waals surface area contributed by atoms with Crippen molar-refractivity contribution in [3.8, 4) is 0 Å². The van der Waals surface area contributed by atoms with Gasteiger partial charge in [0.05, 0.1) is 17.3 Å². The van der Waals surface area contributed by atoms with Crippen LogP contribution in [0.5, 0.6) is 0 Å². The molecule has 4 heteroatoms. The summed E-state index contributed by atoms with van der Waals surface area (Å²) in [5.41, 5.74) is 1.50. The molecular weight excluding hydrogens is 212 g/mol. The third-order valence-electron chi connectivity index (χ3n) is 3.01. The molecule has 2 rings (SSSR count). The fourth-order valence-electron chi connectivity index (χ4n) is 1.68. The number of hydrogen-bond acceptors (Lipinski definition) is 2. The minimum absolute atomic E-state index is 0.253. The summed E-state index contributed by atoms with van der Waals surface area (Å²) in [6.07, 6.45) is 4.06. The summed E-state index contributed by atoms with van der Waals surface area (Å²) in [6.45, 7) is 4.14. The quantitative estimate of drug-likeness (QED) is 0.739. The van der Waals surface area contributed by atoms with Crippen molar-refractivity contribution in [1.29, 1.82) is 0 Å². The number of rotatable bonds is 4. The molecule has 1 fully saturated rings. The first-order valence-electron chi connectivity index (χ1n) is 5.42. The van der Waals surface area contributed by atoms with Crippen LogP contribution in [0.1, 0.15) is 61.1 Å². The van der Waals surface area contributed by atoms with E-state index in [0.717, 1.165) is 31.2 Å². The highest BCUT2D eigenvalue weighted by molar-refractivity contribution is 6.32. The molecule has 0 radical (unpaired) electrons. The molecule has 1 aromatic rings. The number of aldehydes is 1. The number of halogens is 1. The Balaban J connectivity index is 2.43. The van der Waals surface area contributed by atoms with Gasteiger partial charge >= 0.3 is 0 Å². The van der Waals surface area contributed by atoms with E-state index in [9.17, 15) is 4.79 Å². The Labute approximate surface area is 94.4 Å². The van der Waals surface area contributed by atoms with Crippen molar-refractivity contribution in [2.75, 3.05) is 0 Å². The Morgan fingerprint density at radius 3 is 2.80 bits per heavy atom. The smallest absolute Gasteiger partial charge is 0.155 e. The highest BCUT2D eigenvalue weighted by Crippen LogP contribution is 2.42. The first-order valence-corrected chi connectivity index (χ1v) is 5.79. The van der Waals surface area contributed by atoms with E-state index in [1.807, 2.05) is 0 Å². The average molecular weight is 227 g/mol. The Morgan fingerprint density at radius 1 is 1.67 bits per heavy atom. The first-order chi connectivity index (χ1) is 7.19. The Hall–Kier alpha value is -0.830. The van der Waals surface area contributed by atoms with Crippen LogP contribution in [0.2, 0.25) is 5.15 Å². The topological polar surface area (TPSA) is 34.9 Å². The third-order valence-corrected chi connectivity index (χ3v) is 3.38. The second-order valence-corrected chi connectivity index (χ2v) is 4.54. The van der Waals surface area contributed by atoms with Crippen molar-refractivity contribution < 1.29 is 4.79 Å². The molecule has 0 amide bonds. The van der Waals surface area contributed by atoms with Gasteiger partial charge in [-0.3, -0.25) is 9.48 Å². The van der Waals surface area contributed by atoms with Crippen LogP contribution in [0, 0.1) is 0 Å². The number of aromatic nitrogens is 2. The van der Waals surface area contributed by atoms with E-state index in [2.05, 4.69) is 18.9 Å². The molecular formula is C11H15ClN2O. The zero-order valence-electron chi connectivity index (χ0n) is 9.03. The molecule has 3 nitrogen and oxygen atoms in total. The summed E-state index contributed by atoms with van der Waals surface area (Å²) in [7, 11) is 0. The summed E-state index contributed by atoms with van der Waals surface area (Å²) in [6, 6.07) is 0.253. The second-order valence-electron chi connectivity index (χ2n) is 4.18. The van der Waals surface area contributed by atoms with Gasteiger partial charge in [-0.05, 0) is 26.2 Å². The van der Waals surface area contributed by atoms with E-state index in [0.29, 0.717) is 16.6 Å². The van der Waals surface area contributed by atoms with Crippen molar-refractivity contribution in [2.45, 2.75) is 45.1 Å². The van der Waals surface area contributed by atoms with Crippen molar-refractivity contribution in [3.63, 3.8) is 0 Å². The van der Waals surface area contributed by atoms with Gasteiger partial charge in [-0.15, -0.1) is 0 Å². The van der Waals surface area contributed by atoms with Gasteiger partial charge in [0.1, 0.15) is 5.15 Å². The fraction of sp³-hybridized carbons (Fsp3) is 0.636. The minimum Gasteiger partial charge on any atom is -0.298 e. The third kappa shape index (κ3) is 1.81. The summed E-state index contributed by atoms with van der Waals surface area (Å²) >= 11 is 6.14. The molecule has 1 saturated carbocycles. The van der Waals surface area contributed by atoms with Gasteiger partial charge in [0.15, 0.2) is 6.29 Å². The van der Waals surface area contributed by atoms with Gasteiger partial charge in [0.25, 0.3) is 0 Å². The van der Waals surface area contributed by atoms with Crippen LogP contribution in [0.15, 0.2) is 0 Å². The number of carbonyl (C=O) groups is 1. The van der Waals surface area contributed by atoms with E-state index in [1.165, 1.54) is 0 Å². The van der Waals surface area contributed by atoms with Gasteiger partial charge < -0.3 is 0 Å². The van der Waals surface area contributed by atoms with E-state index < -0.39 is 0 Å². The van der Waals surface area contributed by atoms with E-state index in [4.69, 9.17) is 11.6 Å². The molecule has 1 aliphatic carbocycles. The largest absolute Gasteiger partial charge is 0.298 e. The van der Waals surface area contributed by atoms with Gasteiger partial charge in [-0.25, -0.2) is 0 Å². The Kier molecular flexibility index (Phi) is 2.83. The zero-order valence-corrected chi connectivity index (χ0v) is 9.79. The molecule has 82 valence electrons. The molecule has 0 bridgehead atoms. The van der Waals surface area contributed by atoms with Crippen molar-refractivity contribution in [2.24, 2.45) is 0 Å². The summed E-state index contributed by atoms with van der Waals surface area (Å²) < 4.78 is 1.78. The van der Waals surface area contributed by atoms with Gasteiger partial charge in [0, 0.05) is 5.92 Å². The monoisotopic (exact) mass is 226 g/mol. The SMILES string of the molecule is CCC(C)n1nc(C2CC2)c(C=O)c1Cl. The average Bonchev–Trinajstić information content (AvgIpc) is 3.02. The second kappa shape index (κ2) is 3.97. The minimum atomic E-state index is 0.253. The predicted molar refractivity (Wildman–Crippen MR) is 59.6 cm³/mol. The van der Waals surface area contributed by atoms with Gasteiger partial charge in [0.2, 0.25) is 0 Å². The fourth-order valence-corrected chi connectivity index (χ4v) is 2.02. The molecule has 0 N–H and O–H groups in total. The lowest BCUT2D eigenvalue weighted by Crippen LogP contribution is -2.06. The Morgan fingerprint density at radius 2 is 2.33 bits per heavy atom. The maximum absolute atomic E-state index is 11.0. The molecule has 15 heavy (non-hydrogen) atoms. The van der Waals surface area contributed by atoms with Crippen LogP contribution in [0.25, 0.3) is 0 Å². The van der Waals surface area contributed by atoms with E-state index >= 15 is 0 Å². The lowest BCUT2D eigenvalue weighted by Gasteiger charge is -2.09. The van der Waals surface area contributed by atoms with Crippen LogP contribution in [0.4, 0.5) is 0 Å². The van der Waals surface area contributed by atoms with Gasteiger partial charge in [-0.1, -0.05) is 18.5 Å². The van der Waals surface area contributed by atoms with Crippen LogP contribution in [0.3, 0.4) is 0 Å². The van der Waals surface area contributed by atoms with Crippen LogP contribution >= 0.6 is 11.6 Å². The summed E-state index contributed by atoms with van der Waals surface area (Å²) in [4.78, 5) is 11.0. The molecule has 1 atom stereocenters. The molecule has 1 aromatic heterocycles. The highest BCUT2D eigenvalue weighted by atomic mass is 35.5. The molecule has 0 aliphatic heterocycles. The van der Waals surface area contributed by atoms with E-state index in [1.54, 1.807) is 4.68 Å². The van der Waals surface area contributed by atoms with E-state index in [-0.39, 0.29) is 6.04 Å². The summed E-state index contributed by atoms with van der Waals surface area (Å²) in [5, 5.41) is 4.97. The molecule has 0 saturated heterocycles. The molecule has 0 spiro atoms. The van der Waals surface area contributed by atoms with Crippen molar-refractivity contribution in [1.82, 2.24) is 9.78 Å². The maximum Gasteiger partial charge on any atom is 0.155 e. The Bertz CT molecular complexity index is 382. The predicted octanol–water partition coefficient (Wildman–Crippen LogP) is 3.20.